The van der Waals surface area contributed by atoms with Crippen molar-refractivity contribution in [2.45, 2.75) is 6.92 Å². The summed E-state index contributed by atoms with van der Waals surface area (Å²) >= 11 is 0. The van der Waals surface area contributed by atoms with Gasteiger partial charge in [-0.2, -0.15) is 0 Å². The second kappa shape index (κ2) is 6.75. The lowest BCUT2D eigenvalue weighted by Crippen LogP contribution is -1.83. The van der Waals surface area contributed by atoms with Crippen molar-refractivity contribution in [3.05, 3.63) is 54.1 Å². The molecule has 110 valence electrons. The smallest absolute Gasteiger partial charge is 0.140 e. The van der Waals surface area contributed by atoms with E-state index in [1.165, 1.54) is 11.1 Å². The van der Waals surface area contributed by atoms with Crippen molar-refractivity contribution in [3.63, 3.8) is 0 Å². The number of rotatable bonds is 2. The van der Waals surface area contributed by atoms with Crippen LogP contribution in [0.3, 0.4) is 0 Å². The number of aryl methyl sites for hydroxylation is 1. The van der Waals surface area contributed by atoms with Crippen LogP contribution in [0.5, 0.6) is 5.75 Å². The summed E-state index contributed by atoms with van der Waals surface area (Å²) in [6.07, 6.45) is 7.45. The molecule has 0 bridgehead atoms. The Labute approximate surface area is 131 Å². The molecule has 0 unspecified atom stereocenters. The van der Waals surface area contributed by atoms with Crippen LogP contribution in [-0.2, 0) is 0 Å². The lowest BCUT2D eigenvalue weighted by atomic mass is 10.0. The molecule has 0 aliphatic carbocycles. The van der Waals surface area contributed by atoms with Crippen molar-refractivity contribution in [1.29, 1.82) is 0 Å². The van der Waals surface area contributed by atoms with Crippen molar-refractivity contribution >= 4 is 0 Å². The highest BCUT2D eigenvalue weighted by Gasteiger charge is 1.98. The van der Waals surface area contributed by atoms with E-state index in [0.29, 0.717) is 5.75 Å². The van der Waals surface area contributed by atoms with Gasteiger partial charge in [0.25, 0.3) is 0 Å². The van der Waals surface area contributed by atoms with Gasteiger partial charge < -0.3 is 4.74 Å². The molecule has 0 saturated heterocycles. The second-order valence-electron chi connectivity index (χ2n) is 4.11. The molecule has 0 radical (unpaired) electrons. The number of hydrogen-bond donors (Lipinski definition) is 0. The summed E-state index contributed by atoms with van der Waals surface area (Å²) in [5, 5.41) is 0. The van der Waals surface area contributed by atoms with Crippen LogP contribution in [0.1, 0.15) is 17.0 Å². The van der Waals surface area contributed by atoms with E-state index in [2.05, 4.69) is 61.0 Å². The van der Waals surface area contributed by atoms with Gasteiger partial charge in [0.1, 0.15) is 11.9 Å². The predicted molar refractivity (Wildman–Crippen MR) is 98.5 cm³/mol. The molecule has 2 aromatic rings. The van der Waals surface area contributed by atoms with Gasteiger partial charge >= 0.3 is 0 Å². The van der Waals surface area contributed by atoms with Crippen LogP contribution >= 0.6 is 0 Å². The lowest BCUT2D eigenvalue weighted by Gasteiger charge is -2.03. The summed E-state index contributed by atoms with van der Waals surface area (Å²) in [4.78, 5) is 0. The van der Waals surface area contributed by atoms with Crippen molar-refractivity contribution in [2.24, 2.45) is 0 Å². The van der Waals surface area contributed by atoms with E-state index in [1.54, 1.807) is 0 Å². The van der Waals surface area contributed by atoms with Crippen LogP contribution in [0.2, 0.25) is 0 Å². The minimum absolute atomic E-state index is 0. The van der Waals surface area contributed by atoms with E-state index in [1.807, 2.05) is 24.3 Å². The quantitative estimate of drug-likeness (QED) is 0.646. The molecule has 1 nitrogen and oxygen atoms in total. The van der Waals surface area contributed by atoms with Crippen LogP contribution in [0, 0.1) is 43.1 Å². The monoisotopic (exact) mass is 272 g/mol. The van der Waals surface area contributed by atoms with Crippen LogP contribution in [0.15, 0.2) is 48.5 Å². The Morgan fingerprint density at radius 2 is 1.45 bits per heavy atom. The Bertz CT molecular complexity index is 761. The first-order valence-corrected chi connectivity index (χ1v) is 6.09. The van der Waals surface area contributed by atoms with Gasteiger partial charge in [0, 0.05) is 23.3 Å². The maximum atomic E-state index is 5.23. The SMILES string of the molecule is C#CC#CC#COc1ccc(-c2ccc(C)cc2)cc1.[HH].[HH].[HH].[HH].[HH].[HH].[HH].[HH]. The number of hydrogen-bond acceptors (Lipinski definition) is 1. The summed E-state index contributed by atoms with van der Waals surface area (Å²) in [6.45, 7) is 2.07. The first kappa shape index (κ1) is 13.4. The normalized spacial score (nSPS) is 8.40. The highest BCUT2D eigenvalue weighted by molar-refractivity contribution is 5.64. The minimum Gasteiger partial charge on any atom is -0.407 e. The summed E-state index contributed by atoms with van der Waals surface area (Å²) in [6, 6.07) is 16.1. The third-order valence-corrected chi connectivity index (χ3v) is 2.66. The third kappa shape index (κ3) is 3.71. The zero-order valence-electron chi connectivity index (χ0n) is 11.1. The molecular weight excluding hydrogens is 244 g/mol. The van der Waals surface area contributed by atoms with Gasteiger partial charge in [-0.25, -0.2) is 0 Å². The first-order chi connectivity index (χ1) is 9.79. The Morgan fingerprint density at radius 3 is 2.05 bits per heavy atom. The zero-order valence-corrected chi connectivity index (χ0v) is 11.1. The average Bonchev–Trinajstić information content (AvgIpc) is 2.49. The Morgan fingerprint density at radius 1 is 0.850 bits per heavy atom. The van der Waals surface area contributed by atoms with Crippen molar-refractivity contribution in [2.75, 3.05) is 0 Å². The van der Waals surface area contributed by atoms with Crippen LogP contribution in [-0.4, -0.2) is 0 Å². The van der Waals surface area contributed by atoms with Gasteiger partial charge in [0.15, 0.2) is 0 Å². The van der Waals surface area contributed by atoms with E-state index < -0.39 is 0 Å². The van der Waals surface area contributed by atoms with E-state index in [-0.39, 0.29) is 11.4 Å². The highest BCUT2D eigenvalue weighted by Crippen LogP contribution is 2.22. The minimum atomic E-state index is 0. The molecule has 0 aliphatic heterocycles. The van der Waals surface area contributed by atoms with E-state index >= 15 is 0 Å². The predicted octanol–water partition coefficient (Wildman–Crippen LogP) is 5.61. The molecule has 20 heavy (non-hydrogen) atoms. The third-order valence-electron chi connectivity index (χ3n) is 2.66. The standard InChI is InChI=1S/C19H12O.8H2/c1-3-4-5-6-15-20-19-13-11-18(12-14-19)17-9-7-16(2)8-10-17;;;;;;;;/h1,7-14H,2H3;8*1H. The fourth-order valence-corrected chi connectivity index (χ4v) is 1.64. The fourth-order valence-electron chi connectivity index (χ4n) is 1.64. The second-order valence-corrected chi connectivity index (χ2v) is 4.11. The Balaban J connectivity index is -0.000000110. The summed E-state index contributed by atoms with van der Waals surface area (Å²) in [5.41, 5.74) is 3.56. The molecule has 0 spiro atoms. The van der Waals surface area contributed by atoms with Crippen LogP contribution < -0.4 is 4.74 Å². The highest BCUT2D eigenvalue weighted by atomic mass is 16.5. The average molecular weight is 272 g/mol. The summed E-state index contributed by atoms with van der Waals surface area (Å²) in [5.74, 6) is 10.2. The van der Waals surface area contributed by atoms with Gasteiger partial charge in [0.05, 0.1) is 0 Å². The molecule has 0 aromatic heterocycles. The lowest BCUT2D eigenvalue weighted by molar-refractivity contribution is 0.520. The molecular formula is C19H28O. The molecule has 2 aromatic carbocycles. The molecule has 0 saturated carbocycles. The van der Waals surface area contributed by atoms with Crippen molar-refractivity contribution in [3.8, 4) is 53.1 Å². The van der Waals surface area contributed by atoms with E-state index in [9.17, 15) is 0 Å². The van der Waals surface area contributed by atoms with Gasteiger partial charge in [-0.3, -0.25) is 0 Å². The van der Waals surface area contributed by atoms with E-state index in [4.69, 9.17) is 11.2 Å². The van der Waals surface area contributed by atoms with Crippen LogP contribution in [0.4, 0.5) is 0 Å². The molecule has 0 heterocycles. The molecule has 0 atom stereocenters. The van der Waals surface area contributed by atoms with Crippen molar-refractivity contribution < 1.29 is 16.1 Å². The van der Waals surface area contributed by atoms with E-state index in [0.717, 1.165) is 5.56 Å². The molecule has 2 rings (SSSR count). The zero-order chi connectivity index (χ0) is 14.2. The van der Waals surface area contributed by atoms with Gasteiger partial charge in [0.2, 0.25) is 0 Å². The molecule has 1 heteroatoms. The topological polar surface area (TPSA) is 9.23 Å². The number of ether oxygens (including phenoxy) is 1. The first-order valence-electron chi connectivity index (χ1n) is 6.09. The Kier molecular flexibility index (Phi) is 4.50. The Hall–Kier alpha value is -3.08. The molecule has 0 aliphatic rings. The number of benzene rings is 2. The largest absolute Gasteiger partial charge is 0.407 e. The summed E-state index contributed by atoms with van der Waals surface area (Å²) < 4.78 is 5.23. The summed E-state index contributed by atoms with van der Waals surface area (Å²) in [7, 11) is 0. The maximum Gasteiger partial charge on any atom is 0.140 e. The fraction of sp³-hybridized carbons (Fsp3) is 0.0526. The molecule has 0 N–H and O–H groups in total. The maximum absolute atomic E-state index is 5.23. The van der Waals surface area contributed by atoms with Crippen molar-refractivity contribution in [1.82, 2.24) is 0 Å². The van der Waals surface area contributed by atoms with Gasteiger partial charge in [-0.15, -0.1) is 6.42 Å². The molecule has 0 fully saturated rings. The van der Waals surface area contributed by atoms with Gasteiger partial charge in [-0.05, 0) is 42.0 Å². The van der Waals surface area contributed by atoms with Gasteiger partial charge in [-0.1, -0.05) is 42.0 Å². The number of terminal acetylenes is 1. The molecule has 0 amide bonds. The van der Waals surface area contributed by atoms with Crippen LogP contribution in [0.25, 0.3) is 11.1 Å².